The molecule has 0 aliphatic heterocycles. The van der Waals surface area contributed by atoms with Crippen LogP contribution in [-0.4, -0.2) is 35.3 Å². The highest BCUT2D eigenvalue weighted by Crippen LogP contribution is 2.12. The maximum absolute atomic E-state index is 10.7. The summed E-state index contributed by atoms with van der Waals surface area (Å²) in [5, 5.41) is 25.5. The van der Waals surface area contributed by atoms with Gasteiger partial charge in [-0.15, -0.1) is 5.46 Å². The summed E-state index contributed by atoms with van der Waals surface area (Å²) in [6, 6.07) is 7.20. The number of hydrogen-bond acceptors (Lipinski definition) is 2. The second kappa shape index (κ2) is 23.2. The molecule has 0 spiro atoms. The van der Waals surface area contributed by atoms with Crippen LogP contribution in [0.4, 0.5) is 0 Å². The normalized spacial score (nSPS) is 9.74. The van der Waals surface area contributed by atoms with Crippen LogP contribution in [0.5, 0.6) is 0 Å². The Morgan fingerprint density at radius 2 is 1.04 bits per heavy atom. The molecule has 1 aromatic carbocycles. The van der Waals surface area contributed by atoms with Gasteiger partial charge in [-0.1, -0.05) is 96.1 Å². The second-order valence-electron chi connectivity index (χ2n) is 7.16. The van der Waals surface area contributed by atoms with E-state index in [0.29, 0.717) is 5.46 Å². The molecule has 0 unspecified atom stereocenters. The van der Waals surface area contributed by atoms with Gasteiger partial charge in [0, 0.05) is 0 Å². The minimum absolute atomic E-state index is 0.349. The Balaban J connectivity index is 0. The summed E-state index contributed by atoms with van der Waals surface area (Å²) in [5.74, 6) is 0. The predicted molar refractivity (Wildman–Crippen MR) is 115 cm³/mol. The van der Waals surface area contributed by atoms with Gasteiger partial charge in [-0.25, -0.2) is 0 Å². The average molecular weight is 380 g/mol. The van der Waals surface area contributed by atoms with Crippen molar-refractivity contribution in [1.82, 2.24) is 0 Å². The Hall–Kier alpha value is -0.875. The summed E-state index contributed by atoms with van der Waals surface area (Å²) in [4.78, 5) is 0. The monoisotopic (exact) mass is 380 g/mol. The smallest absolute Gasteiger partial charge is 0.0647 e. The number of unbranched alkanes of at least 4 members (excludes halogenated alkanes) is 9. The standard InChI is InChI=1S/C18H29BO2.2C2H7N/c1-2-3-4-5-6-7-8-9-10-11-12-17-13-15-18(16-14-17)19(20)21;2*1-3-2/h13-16H,2-12H2,1H3;2*3H,1-2H3/q-2;;/p+2. The van der Waals surface area contributed by atoms with Gasteiger partial charge in [0.15, 0.2) is 0 Å². The Morgan fingerprint density at radius 3 is 1.41 bits per heavy atom. The van der Waals surface area contributed by atoms with Crippen molar-refractivity contribution < 1.29 is 20.7 Å². The molecule has 5 heteroatoms. The number of benzene rings is 1. The molecule has 0 atom stereocenters. The molecule has 27 heavy (non-hydrogen) atoms. The fourth-order valence-electron chi connectivity index (χ4n) is 2.66. The van der Waals surface area contributed by atoms with E-state index in [1.807, 2.05) is 51.0 Å². The summed E-state index contributed by atoms with van der Waals surface area (Å²) >= 11 is 0. The molecule has 0 saturated heterocycles. The van der Waals surface area contributed by atoms with E-state index in [4.69, 9.17) is 0 Å². The van der Waals surface area contributed by atoms with E-state index in [2.05, 4.69) is 6.92 Å². The number of aryl methyl sites for hydroxylation is 1. The van der Waals surface area contributed by atoms with Crippen LogP contribution >= 0.6 is 0 Å². The van der Waals surface area contributed by atoms with Crippen LogP contribution in [0.2, 0.25) is 0 Å². The lowest BCUT2D eigenvalue weighted by molar-refractivity contribution is -0.597. The fourth-order valence-corrected chi connectivity index (χ4v) is 2.66. The molecule has 158 valence electrons. The van der Waals surface area contributed by atoms with Gasteiger partial charge in [0.05, 0.1) is 28.2 Å². The van der Waals surface area contributed by atoms with Gasteiger partial charge in [-0.05, 0) is 18.4 Å². The first-order valence-corrected chi connectivity index (χ1v) is 11.0. The van der Waals surface area contributed by atoms with Crippen LogP contribution in [0.25, 0.3) is 0 Å². The average Bonchev–Trinajstić information content (AvgIpc) is 2.65. The largest absolute Gasteiger partial charge is 0.889 e. The number of nitrogens with two attached hydrogens (primary N) is 2. The van der Waals surface area contributed by atoms with Crippen LogP contribution in [0.1, 0.15) is 76.7 Å². The third-order valence-corrected chi connectivity index (χ3v) is 4.07. The highest BCUT2D eigenvalue weighted by molar-refractivity contribution is 6.55. The van der Waals surface area contributed by atoms with E-state index in [1.54, 1.807) is 12.1 Å². The first-order valence-electron chi connectivity index (χ1n) is 11.0. The molecule has 0 heterocycles. The number of quaternary nitrogens is 2. The Kier molecular flexibility index (Phi) is 24.3. The summed E-state index contributed by atoms with van der Waals surface area (Å²) < 4.78 is 0. The van der Waals surface area contributed by atoms with Gasteiger partial charge in [0.2, 0.25) is 0 Å². The molecule has 1 rings (SSSR count). The van der Waals surface area contributed by atoms with Crippen molar-refractivity contribution in [2.24, 2.45) is 0 Å². The van der Waals surface area contributed by atoms with E-state index in [9.17, 15) is 10.0 Å². The molecule has 0 amide bonds. The molecule has 0 aliphatic rings. The van der Waals surface area contributed by atoms with E-state index < -0.39 is 7.12 Å². The third kappa shape index (κ3) is 21.3. The first-order chi connectivity index (χ1) is 13.1. The summed E-state index contributed by atoms with van der Waals surface area (Å²) in [6.45, 7) is 2.26. The van der Waals surface area contributed by atoms with Crippen molar-refractivity contribution in [2.75, 3.05) is 28.2 Å². The molecule has 1 aromatic rings. The molecule has 0 fully saturated rings. The molecule has 0 saturated carbocycles. The van der Waals surface area contributed by atoms with Gasteiger partial charge in [0.1, 0.15) is 0 Å². The lowest BCUT2D eigenvalue weighted by atomic mass is 9.80. The molecule has 0 aliphatic carbocycles. The maximum Gasteiger partial charge on any atom is 0.0647 e. The zero-order valence-electron chi connectivity index (χ0n) is 18.6. The van der Waals surface area contributed by atoms with Crippen molar-refractivity contribution in [3.63, 3.8) is 0 Å². The van der Waals surface area contributed by atoms with Gasteiger partial charge >= 0.3 is 0 Å². The lowest BCUT2D eigenvalue weighted by Gasteiger charge is -2.26. The van der Waals surface area contributed by atoms with E-state index in [-0.39, 0.29) is 0 Å². The zero-order chi connectivity index (χ0) is 20.8. The fraction of sp³-hybridized carbons (Fsp3) is 0.727. The predicted octanol–water partition coefficient (Wildman–Crippen LogP) is 0.185. The highest BCUT2D eigenvalue weighted by atomic mass is 16.4. The highest BCUT2D eigenvalue weighted by Gasteiger charge is 1.95. The van der Waals surface area contributed by atoms with Crippen LogP contribution in [-0.2, 0) is 6.42 Å². The van der Waals surface area contributed by atoms with Crippen molar-refractivity contribution >= 4 is 12.6 Å². The zero-order valence-corrected chi connectivity index (χ0v) is 18.6. The molecule has 0 aromatic heterocycles. The van der Waals surface area contributed by atoms with Crippen molar-refractivity contribution in [3.8, 4) is 0 Å². The maximum atomic E-state index is 10.7. The van der Waals surface area contributed by atoms with E-state index >= 15 is 0 Å². The minimum Gasteiger partial charge on any atom is -0.889 e. The van der Waals surface area contributed by atoms with E-state index in [0.717, 1.165) is 6.42 Å². The third-order valence-electron chi connectivity index (χ3n) is 4.07. The van der Waals surface area contributed by atoms with Crippen LogP contribution in [0, 0.1) is 0 Å². The second-order valence-corrected chi connectivity index (χ2v) is 7.16. The van der Waals surface area contributed by atoms with Gasteiger partial charge < -0.3 is 20.7 Å². The molecular weight excluding hydrogens is 335 g/mol. The topological polar surface area (TPSA) is 79.3 Å². The van der Waals surface area contributed by atoms with Gasteiger partial charge in [0.25, 0.3) is 0 Å². The summed E-state index contributed by atoms with van der Waals surface area (Å²) in [6.07, 6.45) is 14.5. The van der Waals surface area contributed by atoms with Crippen molar-refractivity contribution in [1.29, 1.82) is 0 Å². The molecule has 4 N–H and O–H groups in total. The summed E-state index contributed by atoms with van der Waals surface area (Å²) in [5.41, 5.74) is 1.58. The van der Waals surface area contributed by atoms with Crippen molar-refractivity contribution in [3.05, 3.63) is 29.8 Å². The molecule has 4 nitrogen and oxygen atoms in total. The minimum atomic E-state index is -1.85. The Labute approximate surface area is 169 Å². The van der Waals surface area contributed by atoms with Crippen molar-refractivity contribution in [2.45, 2.75) is 77.6 Å². The molecular formula is C22H45BN2O2. The van der Waals surface area contributed by atoms with E-state index in [1.165, 1.54) is 69.8 Å². The number of hydrogen-bond donors (Lipinski definition) is 2. The summed E-state index contributed by atoms with van der Waals surface area (Å²) in [7, 11) is 6.15. The number of rotatable bonds is 12. The Morgan fingerprint density at radius 1 is 0.667 bits per heavy atom. The lowest BCUT2D eigenvalue weighted by Crippen LogP contribution is -2.74. The van der Waals surface area contributed by atoms with Crippen LogP contribution in [0.3, 0.4) is 0 Å². The molecule has 0 radical (unpaired) electrons. The van der Waals surface area contributed by atoms with Crippen LogP contribution in [0.15, 0.2) is 24.3 Å². The first kappa shape index (κ1) is 28.3. The SMILES string of the molecule is CCCCCCCCCCCCc1ccc(B([O-])[O-])cc1.C[NH2+]C.C[NH2+]C. The molecule has 0 bridgehead atoms. The van der Waals surface area contributed by atoms with Gasteiger partial charge in [-0.3, -0.25) is 0 Å². The van der Waals surface area contributed by atoms with Gasteiger partial charge in [-0.2, -0.15) is 0 Å². The Bertz CT molecular complexity index is 384. The van der Waals surface area contributed by atoms with Crippen LogP contribution < -0.4 is 26.1 Å². The quantitative estimate of drug-likeness (QED) is 0.401.